The maximum atomic E-state index is 12.2. The van der Waals surface area contributed by atoms with Gasteiger partial charge in [-0.1, -0.05) is 30.3 Å². The molecule has 0 fully saturated rings. The van der Waals surface area contributed by atoms with Gasteiger partial charge in [0, 0.05) is 0 Å². The first-order chi connectivity index (χ1) is 17.0. The van der Waals surface area contributed by atoms with E-state index >= 15 is 0 Å². The van der Waals surface area contributed by atoms with Gasteiger partial charge in [0.1, 0.15) is 0 Å². The first kappa shape index (κ1) is 26.9. The van der Waals surface area contributed by atoms with E-state index in [-0.39, 0.29) is 43.1 Å². The molecule has 2 aromatic rings. The quantitative estimate of drug-likeness (QED) is 0.179. The van der Waals surface area contributed by atoms with Gasteiger partial charge in [-0.3, -0.25) is 18.7 Å². The lowest BCUT2D eigenvalue weighted by atomic mass is 10.1. The zero-order valence-corrected chi connectivity index (χ0v) is 20.1. The molecule has 0 unspecified atom stereocenters. The third-order valence-electron chi connectivity index (χ3n) is 4.95. The zero-order chi connectivity index (χ0) is 24.9. The summed E-state index contributed by atoms with van der Waals surface area (Å²) in [5.41, 5.74) is 0.853. The second-order valence-electron chi connectivity index (χ2n) is 7.35. The van der Waals surface area contributed by atoms with Crippen molar-refractivity contribution in [2.75, 3.05) is 66.0 Å². The second kappa shape index (κ2) is 14.0. The van der Waals surface area contributed by atoms with Gasteiger partial charge < -0.3 is 18.9 Å². The monoisotopic (exact) mass is 507 g/mol. The standard InChI is InChI=1S/C24H29NO9S/c26-23-21-8-4-5-9-22(21)24(27)25(23)10-11-30-12-13-31-14-15-32-16-17-33-18-19-34-35(28,29)20-6-2-1-3-7-20/h1-9H,10-19H2. The number of fused-ring (bicyclic) bond motifs is 1. The van der Waals surface area contributed by atoms with Crippen molar-refractivity contribution in [2.24, 2.45) is 0 Å². The van der Waals surface area contributed by atoms with Gasteiger partial charge in [-0.2, -0.15) is 8.42 Å². The molecule has 11 heteroatoms. The molecular formula is C24H29NO9S. The summed E-state index contributed by atoms with van der Waals surface area (Å²) in [6.07, 6.45) is 0. The molecule has 3 rings (SSSR count). The normalized spacial score (nSPS) is 13.4. The molecule has 1 aliphatic heterocycles. The molecule has 0 spiro atoms. The van der Waals surface area contributed by atoms with E-state index in [2.05, 4.69) is 0 Å². The van der Waals surface area contributed by atoms with Crippen LogP contribution in [0.3, 0.4) is 0 Å². The van der Waals surface area contributed by atoms with Crippen molar-refractivity contribution >= 4 is 21.9 Å². The Bertz CT molecular complexity index is 1020. The van der Waals surface area contributed by atoms with Crippen molar-refractivity contribution < 1.29 is 41.1 Å². The van der Waals surface area contributed by atoms with E-state index in [1.807, 2.05) is 0 Å². The van der Waals surface area contributed by atoms with Crippen molar-refractivity contribution in [3.63, 3.8) is 0 Å². The topological polar surface area (TPSA) is 118 Å². The molecule has 0 aliphatic carbocycles. The molecule has 0 saturated heterocycles. The summed E-state index contributed by atoms with van der Waals surface area (Å²) in [7, 11) is -3.77. The van der Waals surface area contributed by atoms with E-state index < -0.39 is 10.1 Å². The van der Waals surface area contributed by atoms with Crippen LogP contribution in [0.2, 0.25) is 0 Å². The fraction of sp³-hybridized carbons (Fsp3) is 0.417. The number of ether oxygens (including phenoxy) is 4. The Morgan fingerprint density at radius 3 is 1.51 bits per heavy atom. The summed E-state index contributed by atoms with van der Waals surface area (Å²) in [5, 5.41) is 0. The first-order valence-electron chi connectivity index (χ1n) is 11.2. The average molecular weight is 508 g/mol. The fourth-order valence-corrected chi connectivity index (χ4v) is 4.13. The van der Waals surface area contributed by atoms with Gasteiger partial charge in [-0.05, 0) is 24.3 Å². The Balaban J connectivity index is 1.10. The highest BCUT2D eigenvalue weighted by Crippen LogP contribution is 2.21. The number of benzene rings is 2. The number of imide groups is 1. The van der Waals surface area contributed by atoms with Crippen molar-refractivity contribution in [1.82, 2.24) is 4.90 Å². The van der Waals surface area contributed by atoms with Crippen molar-refractivity contribution in [1.29, 1.82) is 0 Å². The molecule has 0 aromatic heterocycles. The molecule has 0 atom stereocenters. The van der Waals surface area contributed by atoms with E-state index in [4.69, 9.17) is 23.1 Å². The van der Waals surface area contributed by atoms with Crippen LogP contribution in [0.5, 0.6) is 0 Å². The number of nitrogens with zero attached hydrogens (tertiary/aromatic N) is 1. The zero-order valence-electron chi connectivity index (χ0n) is 19.3. The lowest BCUT2D eigenvalue weighted by molar-refractivity contribution is -0.00561. The van der Waals surface area contributed by atoms with Crippen molar-refractivity contribution in [2.45, 2.75) is 4.90 Å². The Hall–Kier alpha value is -2.67. The number of carbonyl (C=O) groups is 2. The summed E-state index contributed by atoms with van der Waals surface area (Å²) >= 11 is 0. The van der Waals surface area contributed by atoms with Crippen molar-refractivity contribution in [3.8, 4) is 0 Å². The highest BCUT2D eigenvalue weighted by Gasteiger charge is 2.34. The number of amides is 2. The van der Waals surface area contributed by atoms with Gasteiger partial charge in [0.25, 0.3) is 21.9 Å². The lowest BCUT2D eigenvalue weighted by Crippen LogP contribution is -2.33. The van der Waals surface area contributed by atoms with E-state index in [9.17, 15) is 18.0 Å². The predicted molar refractivity (Wildman–Crippen MR) is 125 cm³/mol. The molecule has 0 radical (unpaired) electrons. The first-order valence-corrected chi connectivity index (χ1v) is 12.6. The van der Waals surface area contributed by atoms with Gasteiger partial charge >= 0.3 is 0 Å². The van der Waals surface area contributed by atoms with E-state index in [1.54, 1.807) is 42.5 Å². The molecule has 190 valence electrons. The van der Waals surface area contributed by atoms with Crippen LogP contribution in [0.15, 0.2) is 59.5 Å². The van der Waals surface area contributed by atoms with Crippen LogP contribution >= 0.6 is 0 Å². The van der Waals surface area contributed by atoms with Gasteiger partial charge in [-0.25, -0.2) is 0 Å². The van der Waals surface area contributed by atoms with Crippen LogP contribution in [0, 0.1) is 0 Å². The van der Waals surface area contributed by atoms with E-state index in [1.165, 1.54) is 17.0 Å². The molecule has 10 nitrogen and oxygen atoms in total. The number of hydrogen-bond acceptors (Lipinski definition) is 9. The summed E-state index contributed by atoms with van der Waals surface area (Å²) in [6, 6.07) is 14.7. The molecule has 35 heavy (non-hydrogen) atoms. The fourth-order valence-electron chi connectivity index (χ4n) is 3.22. The number of hydrogen-bond donors (Lipinski definition) is 0. The van der Waals surface area contributed by atoms with E-state index in [0.717, 1.165) is 0 Å². The molecule has 1 heterocycles. The number of rotatable bonds is 17. The highest BCUT2D eigenvalue weighted by molar-refractivity contribution is 7.86. The summed E-state index contributed by atoms with van der Waals surface area (Å²) in [5.74, 6) is -0.590. The largest absolute Gasteiger partial charge is 0.377 e. The minimum absolute atomic E-state index is 0.0760. The van der Waals surface area contributed by atoms with Crippen LogP contribution in [0.25, 0.3) is 0 Å². The lowest BCUT2D eigenvalue weighted by Gasteiger charge is -2.13. The molecule has 0 bridgehead atoms. The van der Waals surface area contributed by atoms with Gasteiger partial charge in [-0.15, -0.1) is 0 Å². The predicted octanol–water partition coefficient (Wildman–Crippen LogP) is 1.75. The van der Waals surface area contributed by atoms with Crippen LogP contribution in [0.1, 0.15) is 20.7 Å². The molecule has 2 amide bonds. The maximum Gasteiger partial charge on any atom is 0.297 e. The van der Waals surface area contributed by atoms with Crippen molar-refractivity contribution in [3.05, 3.63) is 65.7 Å². The minimum atomic E-state index is -3.77. The smallest absolute Gasteiger partial charge is 0.297 e. The molecule has 2 aromatic carbocycles. The van der Waals surface area contributed by atoms with Gasteiger partial charge in [0.2, 0.25) is 0 Å². The third kappa shape index (κ3) is 8.20. The highest BCUT2D eigenvalue weighted by atomic mass is 32.2. The summed E-state index contributed by atoms with van der Waals surface area (Å²) in [6.45, 7) is 2.56. The molecule has 1 aliphatic rings. The Kier molecular flexibility index (Phi) is 10.8. The summed E-state index contributed by atoms with van der Waals surface area (Å²) < 4.78 is 50.3. The SMILES string of the molecule is O=C1c2ccccc2C(=O)N1CCOCCOCCOCCOCCOS(=O)(=O)c1ccccc1. The number of carbonyl (C=O) groups excluding carboxylic acids is 2. The van der Waals surface area contributed by atoms with Crippen LogP contribution < -0.4 is 0 Å². The molecule has 0 saturated carbocycles. The Morgan fingerprint density at radius 2 is 1.00 bits per heavy atom. The van der Waals surface area contributed by atoms with Gasteiger partial charge in [0.15, 0.2) is 0 Å². The van der Waals surface area contributed by atoms with Crippen LogP contribution in [-0.2, 0) is 33.2 Å². The van der Waals surface area contributed by atoms with Crippen LogP contribution in [0.4, 0.5) is 0 Å². The summed E-state index contributed by atoms with van der Waals surface area (Å²) in [4.78, 5) is 25.8. The third-order valence-corrected chi connectivity index (χ3v) is 6.28. The van der Waals surface area contributed by atoms with E-state index in [0.29, 0.717) is 50.8 Å². The maximum absolute atomic E-state index is 12.2. The Labute approximate surface area is 204 Å². The Morgan fingerprint density at radius 1 is 0.571 bits per heavy atom. The van der Waals surface area contributed by atoms with Crippen LogP contribution in [-0.4, -0.2) is 91.1 Å². The van der Waals surface area contributed by atoms with Gasteiger partial charge in [0.05, 0.1) is 82.0 Å². The molecule has 0 N–H and O–H groups in total. The minimum Gasteiger partial charge on any atom is -0.377 e. The second-order valence-corrected chi connectivity index (χ2v) is 8.96. The average Bonchev–Trinajstić information content (AvgIpc) is 3.11. The molecular weight excluding hydrogens is 478 g/mol.